The number of hydrogen-bond donors (Lipinski definition) is 1. The average molecular weight is 565 g/mol. The Balaban J connectivity index is 1.28. The zero-order valence-corrected chi connectivity index (χ0v) is 22.6. The van der Waals surface area contributed by atoms with E-state index < -0.39 is 71.0 Å². The first-order chi connectivity index (χ1) is 20.4. The molecule has 5 fully saturated rings. The number of carbonyl (C=O) groups is 4. The Labute approximate surface area is 241 Å². The van der Waals surface area contributed by atoms with Gasteiger partial charge in [-0.25, -0.2) is 0 Å². The van der Waals surface area contributed by atoms with Gasteiger partial charge in [-0.05, 0) is 23.3 Å². The summed E-state index contributed by atoms with van der Waals surface area (Å²) in [4.78, 5) is 54.7. The number of aliphatic hydroxyl groups excluding tert-OH is 1. The van der Waals surface area contributed by atoms with Crippen molar-refractivity contribution in [3.63, 3.8) is 0 Å². The van der Waals surface area contributed by atoms with E-state index in [0.29, 0.717) is 5.76 Å². The van der Waals surface area contributed by atoms with Crippen molar-refractivity contribution in [3.8, 4) is 0 Å². The standard InChI is InChI=1S/C34H28O8/c35-22(12-11-17-7-3-1-4-8-17)28-20-14-26(37)42-33(20)29-19-13-25-34(30(29)31(28)39,21-15-27(38)41-32(19)21)24(36)16-23(40-25)18-9-5-2-6-10-18/h1-13,19-21,23,29-30,32-33,35H,14-16H2/b12-11+,28-22-/t19?,20-,21+,23-,29-,30+,32-,33+,34+/m1/s1. The smallest absolute Gasteiger partial charge is 0.306 e. The van der Waals surface area contributed by atoms with E-state index in [-0.39, 0.29) is 36.4 Å². The summed E-state index contributed by atoms with van der Waals surface area (Å²) in [6.07, 6.45) is 3.09. The largest absolute Gasteiger partial charge is 0.508 e. The predicted molar refractivity (Wildman–Crippen MR) is 147 cm³/mol. The van der Waals surface area contributed by atoms with E-state index in [9.17, 15) is 24.3 Å². The van der Waals surface area contributed by atoms with Crippen molar-refractivity contribution in [1.29, 1.82) is 0 Å². The zero-order chi connectivity index (χ0) is 28.7. The van der Waals surface area contributed by atoms with Gasteiger partial charge in [0.25, 0.3) is 0 Å². The van der Waals surface area contributed by atoms with E-state index in [1.54, 1.807) is 6.08 Å². The maximum Gasteiger partial charge on any atom is 0.306 e. The summed E-state index contributed by atoms with van der Waals surface area (Å²) in [5.41, 5.74) is 0.320. The third kappa shape index (κ3) is 3.35. The van der Waals surface area contributed by atoms with Gasteiger partial charge in [0.05, 0.1) is 12.8 Å². The van der Waals surface area contributed by atoms with Crippen LogP contribution in [0.5, 0.6) is 0 Å². The Morgan fingerprint density at radius 1 is 0.833 bits per heavy atom. The molecule has 2 aromatic rings. The molecule has 3 saturated heterocycles. The van der Waals surface area contributed by atoms with Crippen molar-refractivity contribution in [2.45, 2.75) is 37.6 Å². The molecule has 212 valence electrons. The second kappa shape index (κ2) is 9.02. The molecule has 8 heteroatoms. The summed E-state index contributed by atoms with van der Waals surface area (Å²) in [6, 6.07) is 18.8. The van der Waals surface area contributed by atoms with Gasteiger partial charge >= 0.3 is 11.9 Å². The van der Waals surface area contributed by atoms with Crippen molar-refractivity contribution < 1.29 is 38.5 Å². The van der Waals surface area contributed by atoms with E-state index >= 15 is 0 Å². The topological polar surface area (TPSA) is 116 Å². The van der Waals surface area contributed by atoms with Crippen molar-refractivity contribution in [2.75, 3.05) is 0 Å². The molecular weight excluding hydrogens is 536 g/mol. The molecular formula is C34H28O8. The summed E-state index contributed by atoms with van der Waals surface area (Å²) in [5.74, 6) is -4.59. The molecule has 0 amide bonds. The number of ketones is 2. The first kappa shape index (κ1) is 25.3. The quantitative estimate of drug-likeness (QED) is 0.331. The number of rotatable bonds is 3. The first-order valence-electron chi connectivity index (χ1n) is 14.4. The number of Topliss-reactive ketones (excluding diaryl/α,β-unsaturated/α-hetero) is 2. The van der Waals surface area contributed by atoms with Gasteiger partial charge in [0, 0.05) is 41.6 Å². The molecule has 1 N–H and O–H groups in total. The van der Waals surface area contributed by atoms with Crippen molar-refractivity contribution in [1.82, 2.24) is 0 Å². The lowest BCUT2D eigenvalue weighted by Crippen LogP contribution is -2.69. The molecule has 4 aliphatic carbocycles. The van der Waals surface area contributed by atoms with Crippen LogP contribution in [0.15, 0.2) is 89.9 Å². The highest BCUT2D eigenvalue weighted by Gasteiger charge is 2.77. The lowest BCUT2D eigenvalue weighted by atomic mass is 9.41. The van der Waals surface area contributed by atoms with Gasteiger partial charge in [-0.1, -0.05) is 66.7 Å². The summed E-state index contributed by atoms with van der Waals surface area (Å²) in [7, 11) is 0. The Hall–Kier alpha value is -4.46. The molecule has 1 spiro atoms. The molecule has 2 aromatic carbocycles. The highest BCUT2D eigenvalue weighted by molar-refractivity contribution is 6.07. The summed E-state index contributed by atoms with van der Waals surface area (Å²) in [5, 5.41) is 11.4. The summed E-state index contributed by atoms with van der Waals surface area (Å²) < 4.78 is 18.2. The molecule has 8 nitrogen and oxygen atoms in total. The average Bonchev–Trinajstić information content (AvgIpc) is 3.59. The molecule has 0 radical (unpaired) electrons. The highest BCUT2D eigenvalue weighted by Crippen LogP contribution is 2.70. The number of benzene rings is 2. The van der Waals surface area contributed by atoms with Gasteiger partial charge in [0.1, 0.15) is 35.2 Å². The lowest BCUT2D eigenvalue weighted by molar-refractivity contribution is -0.197. The summed E-state index contributed by atoms with van der Waals surface area (Å²) >= 11 is 0. The minimum absolute atomic E-state index is 0.00701. The normalized spacial score (nSPS) is 39.0. The van der Waals surface area contributed by atoms with Crippen LogP contribution in [0.2, 0.25) is 0 Å². The fourth-order valence-corrected chi connectivity index (χ4v) is 8.69. The number of hydrogen-bond acceptors (Lipinski definition) is 8. The van der Waals surface area contributed by atoms with E-state index in [1.807, 2.05) is 66.7 Å². The third-order valence-electron chi connectivity index (χ3n) is 10.2. The van der Waals surface area contributed by atoms with Crippen LogP contribution >= 0.6 is 0 Å². The molecule has 3 aliphatic heterocycles. The second-order valence-electron chi connectivity index (χ2n) is 12.1. The lowest BCUT2D eigenvalue weighted by Gasteiger charge is -2.62. The Kier molecular flexibility index (Phi) is 5.42. The molecule has 42 heavy (non-hydrogen) atoms. The first-order valence-corrected chi connectivity index (χ1v) is 14.4. The van der Waals surface area contributed by atoms with Crippen LogP contribution in [0.4, 0.5) is 0 Å². The van der Waals surface area contributed by atoms with E-state index in [1.165, 1.54) is 6.08 Å². The maximum absolute atomic E-state index is 14.7. The Morgan fingerprint density at radius 2 is 1.52 bits per heavy atom. The molecule has 3 heterocycles. The molecule has 9 atom stereocenters. The van der Waals surface area contributed by atoms with Gasteiger partial charge in [-0.3, -0.25) is 19.2 Å². The fraction of sp³-hybridized carbons (Fsp3) is 0.353. The highest BCUT2D eigenvalue weighted by atomic mass is 16.6. The van der Waals surface area contributed by atoms with Gasteiger partial charge in [-0.2, -0.15) is 0 Å². The number of ether oxygens (including phenoxy) is 3. The van der Waals surface area contributed by atoms with Gasteiger partial charge in [-0.15, -0.1) is 0 Å². The van der Waals surface area contributed by atoms with Crippen LogP contribution in [-0.2, 0) is 33.4 Å². The predicted octanol–water partition coefficient (Wildman–Crippen LogP) is 4.43. The second-order valence-corrected chi connectivity index (χ2v) is 12.1. The van der Waals surface area contributed by atoms with Crippen molar-refractivity contribution >= 4 is 29.6 Å². The van der Waals surface area contributed by atoms with Crippen LogP contribution in [-0.4, -0.2) is 40.8 Å². The fourth-order valence-electron chi connectivity index (χ4n) is 8.69. The molecule has 9 rings (SSSR count). The number of fused-ring (bicyclic) bond motifs is 1. The number of allylic oxidation sites excluding steroid dienone is 2. The van der Waals surface area contributed by atoms with Crippen LogP contribution in [0.25, 0.3) is 6.08 Å². The summed E-state index contributed by atoms with van der Waals surface area (Å²) in [6.45, 7) is 0. The minimum atomic E-state index is -1.45. The van der Waals surface area contributed by atoms with Crippen LogP contribution in [0.3, 0.4) is 0 Å². The number of esters is 2. The van der Waals surface area contributed by atoms with Crippen molar-refractivity contribution in [3.05, 3.63) is 101 Å². The van der Waals surface area contributed by atoms with E-state index in [0.717, 1.165) is 11.1 Å². The van der Waals surface area contributed by atoms with Gasteiger partial charge in [0.2, 0.25) is 0 Å². The molecule has 0 aromatic heterocycles. The molecule has 2 saturated carbocycles. The van der Waals surface area contributed by atoms with E-state index in [4.69, 9.17) is 14.2 Å². The van der Waals surface area contributed by atoms with Crippen LogP contribution < -0.4 is 0 Å². The third-order valence-corrected chi connectivity index (χ3v) is 10.2. The Morgan fingerprint density at radius 3 is 2.29 bits per heavy atom. The monoisotopic (exact) mass is 564 g/mol. The molecule has 2 bridgehead atoms. The SMILES string of the molecule is O=C1C[C@@H]2/C(=C(O)\C=C\c3ccccc3)C(=O)[C@@H]3[C@@H](C4C=C5O[C@@H](c6ccccc6)CC(=O)[C@@]53[C@H]3CC(=O)O[C@H]43)[C@H]2O1. The van der Waals surface area contributed by atoms with Crippen LogP contribution in [0, 0.1) is 35.0 Å². The zero-order valence-electron chi connectivity index (χ0n) is 22.6. The van der Waals surface area contributed by atoms with Gasteiger partial charge in [0.15, 0.2) is 11.6 Å². The van der Waals surface area contributed by atoms with Gasteiger partial charge < -0.3 is 19.3 Å². The molecule has 1 unspecified atom stereocenters. The maximum atomic E-state index is 14.7. The number of carbonyl (C=O) groups excluding carboxylic acids is 4. The minimum Gasteiger partial charge on any atom is -0.508 e. The number of aliphatic hydroxyl groups is 1. The van der Waals surface area contributed by atoms with E-state index in [2.05, 4.69) is 0 Å². The van der Waals surface area contributed by atoms with Crippen molar-refractivity contribution in [2.24, 2.45) is 35.0 Å². The Bertz CT molecular complexity index is 1620. The van der Waals surface area contributed by atoms with Crippen LogP contribution in [0.1, 0.15) is 36.5 Å². The molecule has 7 aliphatic rings.